The molecule has 2 N–H and O–H groups in total. The third kappa shape index (κ3) is 5.62. The maximum atomic E-state index is 13.5. The largest absolute Gasteiger partial charge is 0.382 e. The molecule has 0 spiro atoms. The number of aromatic nitrogens is 1. The zero-order valence-electron chi connectivity index (χ0n) is 14.1. The first-order chi connectivity index (χ1) is 11.6. The van der Waals surface area contributed by atoms with E-state index in [0.717, 1.165) is 18.8 Å². The number of rotatable bonds is 8. The summed E-state index contributed by atoms with van der Waals surface area (Å²) in [6, 6.07) is 8.34. The van der Waals surface area contributed by atoms with E-state index in [4.69, 9.17) is 0 Å². The molecular formula is C18H23FN4O. The Hall–Kier alpha value is -2.47. The van der Waals surface area contributed by atoms with Crippen molar-refractivity contribution in [2.75, 3.05) is 39.0 Å². The van der Waals surface area contributed by atoms with E-state index in [0.29, 0.717) is 24.1 Å². The van der Waals surface area contributed by atoms with Crippen LogP contribution in [0.1, 0.15) is 15.9 Å². The maximum absolute atomic E-state index is 13.5. The number of likely N-dealkylation sites (N-methyl/N-ethyl adjacent to an activating group) is 1. The minimum atomic E-state index is -0.250. The molecule has 1 amide bonds. The van der Waals surface area contributed by atoms with Crippen LogP contribution in [0.25, 0.3) is 0 Å². The summed E-state index contributed by atoms with van der Waals surface area (Å²) in [6.07, 6.45) is 3.66. The minimum absolute atomic E-state index is 0.213. The number of benzene rings is 1. The Morgan fingerprint density at radius 1 is 1.21 bits per heavy atom. The van der Waals surface area contributed by atoms with Gasteiger partial charge in [-0.05, 0) is 38.2 Å². The van der Waals surface area contributed by atoms with E-state index in [1.807, 2.05) is 14.1 Å². The van der Waals surface area contributed by atoms with Crippen LogP contribution in [0.3, 0.4) is 0 Å². The molecule has 0 radical (unpaired) electrons. The topological polar surface area (TPSA) is 57.3 Å². The van der Waals surface area contributed by atoms with Crippen LogP contribution >= 0.6 is 0 Å². The molecule has 1 aromatic carbocycles. The predicted molar refractivity (Wildman–Crippen MR) is 93.7 cm³/mol. The number of hydrogen-bond donors (Lipinski definition) is 2. The molecule has 0 unspecified atom stereocenters. The van der Waals surface area contributed by atoms with Crippen LogP contribution in [0.2, 0.25) is 0 Å². The lowest BCUT2D eigenvalue weighted by atomic mass is 10.1. The van der Waals surface area contributed by atoms with Crippen LogP contribution in [0.15, 0.2) is 42.7 Å². The number of halogens is 1. The summed E-state index contributed by atoms with van der Waals surface area (Å²) in [4.78, 5) is 18.3. The van der Waals surface area contributed by atoms with Crippen molar-refractivity contribution in [1.82, 2.24) is 15.2 Å². The zero-order valence-corrected chi connectivity index (χ0v) is 14.1. The van der Waals surface area contributed by atoms with Crippen LogP contribution in [0.4, 0.5) is 10.1 Å². The molecule has 0 saturated carbocycles. The number of pyridine rings is 1. The minimum Gasteiger partial charge on any atom is -0.382 e. The van der Waals surface area contributed by atoms with Crippen molar-refractivity contribution >= 4 is 11.6 Å². The second-order valence-electron chi connectivity index (χ2n) is 5.79. The molecule has 0 aliphatic rings. The quantitative estimate of drug-likeness (QED) is 0.779. The van der Waals surface area contributed by atoms with E-state index < -0.39 is 0 Å². The molecule has 5 nitrogen and oxygen atoms in total. The molecule has 0 saturated heterocycles. The third-order valence-corrected chi connectivity index (χ3v) is 3.53. The van der Waals surface area contributed by atoms with Crippen molar-refractivity contribution < 1.29 is 9.18 Å². The van der Waals surface area contributed by atoms with E-state index in [1.165, 1.54) is 12.3 Å². The van der Waals surface area contributed by atoms with Crippen molar-refractivity contribution in [2.24, 2.45) is 0 Å². The number of carbonyl (C=O) groups is 1. The fourth-order valence-electron chi connectivity index (χ4n) is 2.20. The van der Waals surface area contributed by atoms with Gasteiger partial charge in [0, 0.05) is 32.0 Å². The normalized spacial score (nSPS) is 10.7. The van der Waals surface area contributed by atoms with Crippen LogP contribution < -0.4 is 10.6 Å². The summed E-state index contributed by atoms with van der Waals surface area (Å²) in [5.41, 5.74) is 1.88. The standard InChI is InChI=1S/C18H23FN4O/c1-23(2)10-9-21-16-11-15(12-20-13-16)18(24)22-8-7-14-5-3-4-6-17(14)19/h3-6,11-13,21H,7-10H2,1-2H3,(H,22,24). The highest BCUT2D eigenvalue weighted by Crippen LogP contribution is 2.09. The highest BCUT2D eigenvalue weighted by Gasteiger charge is 2.07. The molecule has 0 atom stereocenters. The fraction of sp³-hybridized carbons (Fsp3) is 0.333. The Balaban J connectivity index is 1.84. The lowest BCUT2D eigenvalue weighted by molar-refractivity contribution is 0.0953. The van der Waals surface area contributed by atoms with E-state index in [-0.39, 0.29) is 11.7 Å². The molecule has 2 aromatic rings. The Morgan fingerprint density at radius 2 is 2.00 bits per heavy atom. The fourth-order valence-corrected chi connectivity index (χ4v) is 2.20. The van der Waals surface area contributed by atoms with Gasteiger partial charge >= 0.3 is 0 Å². The van der Waals surface area contributed by atoms with Crippen LogP contribution in [-0.2, 0) is 6.42 Å². The van der Waals surface area contributed by atoms with E-state index in [2.05, 4.69) is 20.5 Å². The monoisotopic (exact) mass is 330 g/mol. The Morgan fingerprint density at radius 3 is 2.75 bits per heavy atom. The van der Waals surface area contributed by atoms with Gasteiger partial charge in [0.15, 0.2) is 0 Å². The average Bonchev–Trinajstić information content (AvgIpc) is 2.56. The van der Waals surface area contributed by atoms with Gasteiger partial charge in [0.25, 0.3) is 5.91 Å². The van der Waals surface area contributed by atoms with Gasteiger partial charge in [-0.3, -0.25) is 9.78 Å². The molecule has 128 valence electrons. The van der Waals surface area contributed by atoms with Crippen LogP contribution in [-0.4, -0.2) is 49.5 Å². The average molecular weight is 330 g/mol. The molecule has 1 heterocycles. The van der Waals surface area contributed by atoms with Gasteiger partial charge < -0.3 is 15.5 Å². The Kier molecular flexibility index (Phi) is 6.69. The van der Waals surface area contributed by atoms with Gasteiger partial charge in [-0.1, -0.05) is 18.2 Å². The highest BCUT2D eigenvalue weighted by molar-refractivity contribution is 5.94. The summed E-state index contributed by atoms with van der Waals surface area (Å²) >= 11 is 0. The number of amides is 1. The third-order valence-electron chi connectivity index (χ3n) is 3.53. The molecule has 0 aliphatic heterocycles. The van der Waals surface area contributed by atoms with Crippen molar-refractivity contribution in [3.05, 3.63) is 59.7 Å². The number of nitrogens with one attached hydrogen (secondary N) is 2. The SMILES string of the molecule is CN(C)CCNc1cncc(C(=O)NCCc2ccccc2F)c1. The lowest BCUT2D eigenvalue weighted by Gasteiger charge is -2.12. The number of hydrogen-bond acceptors (Lipinski definition) is 4. The second kappa shape index (κ2) is 8.98. The zero-order chi connectivity index (χ0) is 17.4. The van der Waals surface area contributed by atoms with Gasteiger partial charge in [-0.15, -0.1) is 0 Å². The number of nitrogens with zero attached hydrogens (tertiary/aromatic N) is 2. The summed E-state index contributed by atoms with van der Waals surface area (Å²) < 4.78 is 13.5. The van der Waals surface area contributed by atoms with Gasteiger partial charge in [0.05, 0.1) is 11.3 Å². The Bertz CT molecular complexity index is 676. The maximum Gasteiger partial charge on any atom is 0.252 e. The smallest absolute Gasteiger partial charge is 0.252 e. The molecule has 1 aromatic heterocycles. The predicted octanol–water partition coefficient (Wildman–Crippen LogP) is 2.17. The highest BCUT2D eigenvalue weighted by atomic mass is 19.1. The van der Waals surface area contributed by atoms with Gasteiger partial charge in [-0.2, -0.15) is 0 Å². The van der Waals surface area contributed by atoms with Gasteiger partial charge in [0.1, 0.15) is 5.82 Å². The lowest BCUT2D eigenvalue weighted by Crippen LogP contribution is -2.26. The molecule has 0 bridgehead atoms. The van der Waals surface area contributed by atoms with E-state index >= 15 is 0 Å². The molecule has 0 aliphatic carbocycles. The van der Waals surface area contributed by atoms with Crippen molar-refractivity contribution in [3.63, 3.8) is 0 Å². The van der Waals surface area contributed by atoms with Crippen LogP contribution in [0.5, 0.6) is 0 Å². The molecular weight excluding hydrogens is 307 g/mol. The second-order valence-corrected chi connectivity index (χ2v) is 5.79. The number of carbonyl (C=O) groups excluding carboxylic acids is 1. The summed E-state index contributed by atoms with van der Waals surface area (Å²) in [7, 11) is 4.00. The molecule has 2 rings (SSSR count). The number of anilines is 1. The summed E-state index contributed by atoms with van der Waals surface area (Å²) in [6.45, 7) is 2.03. The van der Waals surface area contributed by atoms with Gasteiger partial charge in [-0.25, -0.2) is 4.39 Å². The van der Waals surface area contributed by atoms with Gasteiger partial charge in [0.2, 0.25) is 0 Å². The van der Waals surface area contributed by atoms with Crippen molar-refractivity contribution in [2.45, 2.75) is 6.42 Å². The Labute approximate surface area is 141 Å². The van der Waals surface area contributed by atoms with E-state index in [9.17, 15) is 9.18 Å². The summed E-state index contributed by atoms with van der Waals surface area (Å²) in [5.74, 6) is -0.462. The summed E-state index contributed by atoms with van der Waals surface area (Å²) in [5, 5.41) is 6.02. The molecule has 0 fully saturated rings. The van der Waals surface area contributed by atoms with Crippen LogP contribution in [0, 0.1) is 5.82 Å². The van der Waals surface area contributed by atoms with Crippen molar-refractivity contribution in [1.29, 1.82) is 0 Å². The van der Waals surface area contributed by atoms with E-state index in [1.54, 1.807) is 30.5 Å². The molecule has 24 heavy (non-hydrogen) atoms. The van der Waals surface area contributed by atoms with Crippen molar-refractivity contribution in [3.8, 4) is 0 Å². The first kappa shape index (κ1) is 17.9. The first-order valence-electron chi connectivity index (χ1n) is 7.91. The molecule has 6 heteroatoms. The first-order valence-corrected chi connectivity index (χ1v) is 7.91.